The number of anilines is 1. The highest BCUT2D eigenvalue weighted by molar-refractivity contribution is 9.09. The second kappa shape index (κ2) is 7.88. The number of rotatable bonds is 6. The van der Waals surface area contributed by atoms with Crippen LogP contribution < -0.4 is 5.32 Å². The quantitative estimate of drug-likeness (QED) is 0.585. The summed E-state index contributed by atoms with van der Waals surface area (Å²) < 4.78 is 0. The second-order valence-corrected chi connectivity index (χ2v) is 5.80. The summed E-state index contributed by atoms with van der Waals surface area (Å²) in [7, 11) is 0. The van der Waals surface area contributed by atoms with Gasteiger partial charge in [0, 0.05) is 11.1 Å². The Morgan fingerprint density at radius 1 is 1.12 bits per heavy atom. The van der Waals surface area contributed by atoms with E-state index in [-0.39, 0.29) is 22.6 Å². The van der Waals surface area contributed by atoms with E-state index in [1.54, 1.807) is 49.4 Å². The number of benzene rings is 2. The number of hydrogen-bond donors (Lipinski definition) is 2. The summed E-state index contributed by atoms with van der Waals surface area (Å²) in [5.74, 6) is -2.31. The van der Waals surface area contributed by atoms with Crippen molar-refractivity contribution in [2.24, 2.45) is 0 Å². The molecule has 0 heterocycles. The maximum Gasteiger partial charge on any atom is 0.310 e. The minimum atomic E-state index is -0.981. The number of aliphatic carboxylic acids is 1. The first-order valence-corrected chi connectivity index (χ1v) is 8.38. The van der Waals surface area contributed by atoms with Crippen LogP contribution in [0, 0.1) is 0 Å². The molecule has 1 amide bonds. The average molecular weight is 390 g/mol. The summed E-state index contributed by atoms with van der Waals surface area (Å²) in [6, 6.07) is 13.3. The van der Waals surface area contributed by atoms with Crippen LogP contribution in [0.4, 0.5) is 5.69 Å². The molecule has 2 N–H and O–H groups in total. The van der Waals surface area contributed by atoms with Crippen LogP contribution in [0.15, 0.2) is 48.5 Å². The van der Waals surface area contributed by atoms with E-state index in [9.17, 15) is 19.5 Å². The number of ketones is 1. The number of alkyl halides is 1. The summed E-state index contributed by atoms with van der Waals surface area (Å²) in [6.45, 7) is 1.55. The van der Waals surface area contributed by atoms with Gasteiger partial charge in [0.1, 0.15) is 0 Å². The summed E-state index contributed by atoms with van der Waals surface area (Å²) >= 11 is 3.06. The molecular weight excluding hydrogens is 374 g/mol. The van der Waals surface area contributed by atoms with Crippen molar-refractivity contribution in [2.45, 2.75) is 12.8 Å². The molecular formula is C18H16BrNO4. The molecule has 2 aromatic carbocycles. The van der Waals surface area contributed by atoms with E-state index in [2.05, 4.69) is 21.2 Å². The van der Waals surface area contributed by atoms with Gasteiger partial charge >= 0.3 is 5.97 Å². The van der Waals surface area contributed by atoms with Crippen molar-refractivity contribution in [1.29, 1.82) is 0 Å². The van der Waals surface area contributed by atoms with Gasteiger partial charge in [-0.15, -0.1) is 0 Å². The molecule has 5 nitrogen and oxygen atoms in total. The van der Waals surface area contributed by atoms with Gasteiger partial charge in [0.05, 0.1) is 16.9 Å². The number of carboxylic acid groups (broad SMARTS) is 1. The first-order chi connectivity index (χ1) is 11.4. The molecule has 2 rings (SSSR count). The lowest BCUT2D eigenvalue weighted by atomic mass is 9.94. The number of carbonyl (C=O) groups is 3. The molecule has 1 unspecified atom stereocenters. The van der Waals surface area contributed by atoms with Crippen LogP contribution in [0.5, 0.6) is 0 Å². The third-order valence-corrected chi connectivity index (χ3v) is 4.10. The van der Waals surface area contributed by atoms with Crippen molar-refractivity contribution in [2.75, 3.05) is 10.6 Å². The highest BCUT2D eigenvalue weighted by Gasteiger charge is 2.20. The number of amides is 1. The van der Waals surface area contributed by atoms with Gasteiger partial charge in [-0.25, -0.2) is 0 Å². The Kier molecular flexibility index (Phi) is 5.87. The normalized spacial score (nSPS) is 11.6. The van der Waals surface area contributed by atoms with E-state index in [0.29, 0.717) is 16.8 Å². The van der Waals surface area contributed by atoms with Crippen molar-refractivity contribution >= 4 is 39.3 Å². The monoisotopic (exact) mass is 389 g/mol. The first-order valence-electron chi connectivity index (χ1n) is 7.26. The fraction of sp³-hybridized carbons (Fsp3) is 0.167. The van der Waals surface area contributed by atoms with E-state index >= 15 is 0 Å². The highest BCUT2D eigenvalue weighted by Crippen LogP contribution is 2.25. The van der Waals surface area contributed by atoms with Gasteiger partial charge in [-0.05, 0) is 24.6 Å². The number of carboxylic acids is 1. The Hall–Kier alpha value is -2.47. The van der Waals surface area contributed by atoms with E-state index in [0.717, 1.165) is 0 Å². The van der Waals surface area contributed by atoms with Crippen LogP contribution in [-0.4, -0.2) is 28.1 Å². The number of carbonyl (C=O) groups excluding carboxylic acids is 2. The zero-order valence-corrected chi connectivity index (χ0v) is 14.5. The van der Waals surface area contributed by atoms with Crippen molar-refractivity contribution in [1.82, 2.24) is 0 Å². The summed E-state index contributed by atoms with van der Waals surface area (Å²) in [5, 5.41) is 11.9. The van der Waals surface area contributed by atoms with Gasteiger partial charge in [0.25, 0.3) is 0 Å². The maximum absolute atomic E-state index is 12.8. The fourth-order valence-corrected chi connectivity index (χ4v) is 2.34. The molecule has 0 spiro atoms. The van der Waals surface area contributed by atoms with Gasteiger partial charge in [0.15, 0.2) is 5.78 Å². The molecule has 124 valence electrons. The third kappa shape index (κ3) is 4.08. The Bertz CT molecular complexity index is 774. The molecule has 0 aliphatic rings. The molecule has 24 heavy (non-hydrogen) atoms. The van der Waals surface area contributed by atoms with E-state index in [1.165, 1.54) is 6.07 Å². The van der Waals surface area contributed by atoms with Crippen molar-refractivity contribution in [3.05, 3.63) is 65.2 Å². The predicted molar refractivity (Wildman–Crippen MR) is 94.8 cm³/mol. The van der Waals surface area contributed by atoms with Crippen LogP contribution >= 0.6 is 15.9 Å². The lowest BCUT2D eigenvalue weighted by molar-refractivity contribution is -0.138. The molecule has 0 saturated heterocycles. The van der Waals surface area contributed by atoms with Gasteiger partial charge < -0.3 is 10.4 Å². The lowest BCUT2D eigenvalue weighted by Gasteiger charge is -2.14. The molecule has 0 fully saturated rings. The molecule has 0 aliphatic carbocycles. The molecule has 0 radical (unpaired) electrons. The number of hydrogen-bond acceptors (Lipinski definition) is 3. The Morgan fingerprint density at radius 3 is 2.38 bits per heavy atom. The van der Waals surface area contributed by atoms with Crippen LogP contribution in [-0.2, 0) is 9.59 Å². The van der Waals surface area contributed by atoms with Crippen LogP contribution in [0.1, 0.15) is 34.3 Å². The zero-order valence-electron chi connectivity index (χ0n) is 13.0. The fourth-order valence-electron chi connectivity index (χ4n) is 2.20. The Labute approximate surface area is 147 Å². The van der Waals surface area contributed by atoms with Crippen molar-refractivity contribution in [3.63, 3.8) is 0 Å². The molecule has 0 saturated carbocycles. The molecule has 0 bridgehead atoms. The minimum Gasteiger partial charge on any atom is -0.481 e. The molecule has 6 heteroatoms. The molecule has 0 aromatic heterocycles. The smallest absolute Gasteiger partial charge is 0.310 e. The van der Waals surface area contributed by atoms with Crippen molar-refractivity contribution in [3.8, 4) is 0 Å². The SMILES string of the molecule is CC(C(=O)O)c1ccc(NC(=O)CBr)c(C(=O)c2ccccc2)c1. The number of nitrogens with one attached hydrogen (secondary N) is 1. The zero-order chi connectivity index (χ0) is 17.7. The summed E-state index contributed by atoms with van der Waals surface area (Å²) in [5.41, 5.74) is 1.58. The van der Waals surface area contributed by atoms with Crippen molar-refractivity contribution < 1.29 is 19.5 Å². The largest absolute Gasteiger partial charge is 0.481 e. The van der Waals surface area contributed by atoms with E-state index < -0.39 is 11.9 Å². The van der Waals surface area contributed by atoms with Crippen LogP contribution in [0.2, 0.25) is 0 Å². The molecule has 2 aromatic rings. The maximum atomic E-state index is 12.8. The summed E-state index contributed by atoms with van der Waals surface area (Å²) in [4.78, 5) is 35.6. The van der Waals surface area contributed by atoms with Crippen LogP contribution in [0.3, 0.4) is 0 Å². The summed E-state index contributed by atoms with van der Waals surface area (Å²) in [6.07, 6.45) is 0. The van der Waals surface area contributed by atoms with Gasteiger partial charge in [-0.3, -0.25) is 14.4 Å². The predicted octanol–water partition coefficient (Wildman–Crippen LogP) is 3.44. The second-order valence-electron chi connectivity index (χ2n) is 5.24. The molecule has 1 atom stereocenters. The average Bonchev–Trinajstić information content (AvgIpc) is 2.61. The third-order valence-electron chi connectivity index (χ3n) is 3.59. The number of halogens is 1. The van der Waals surface area contributed by atoms with Gasteiger partial charge in [-0.2, -0.15) is 0 Å². The van der Waals surface area contributed by atoms with E-state index in [4.69, 9.17) is 0 Å². The Morgan fingerprint density at radius 2 is 1.79 bits per heavy atom. The lowest BCUT2D eigenvalue weighted by Crippen LogP contribution is -2.17. The Balaban J connectivity index is 2.50. The topological polar surface area (TPSA) is 83.5 Å². The van der Waals surface area contributed by atoms with Gasteiger partial charge in [-0.1, -0.05) is 52.3 Å². The van der Waals surface area contributed by atoms with Crippen LogP contribution in [0.25, 0.3) is 0 Å². The minimum absolute atomic E-state index is 0.0965. The van der Waals surface area contributed by atoms with E-state index in [1.807, 2.05) is 0 Å². The van der Waals surface area contributed by atoms with Gasteiger partial charge in [0.2, 0.25) is 5.91 Å². The standard InChI is InChI=1S/C18H16BrNO4/c1-11(18(23)24)13-7-8-15(20-16(21)10-19)14(9-13)17(22)12-5-3-2-4-6-12/h2-9,11H,10H2,1H3,(H,20,21)(H,23,24). The first kappa shape index (κ1) is 17.9. The molecule has 0 aliphatic heterocycles. The highest BCUT2D eigenvalue weighted by atomic mass is 79.9.